The Morgan fingerprint density at radius 3 is 2.59 bits per heavy atom. The van der Waals surface area contributed by atoms with Crippen LogP contribution in [0.5, 0.6) is 0 Å². The first-order valence-electron chi connectivity index (χ1n) is 6.12. The minimum absolute atomic E-state index is 0.321. The molecule has 0 aliphatic carbocycles. The van der Waals surface area contributed by atoms with Crippen molar-refractivity contribution in [2.45, 2.75) is 33.6 Å². The van der Waals surface area contributed by atoms with E-state index in [2.05, 4.69) is 13.8 Å². The average Bonchev–Trinajstić information content (AvgIpc) is 2.33. The Kier molecular flexibility index (Phi) is 5.01. The Balaban J connectivity index is 2.67. The van der Waals surface area contributed by atoms with Gasteiger partial charge in [-0.05, 0) is 24.5 Å². The summed E-state index contributed by atoms with van der Waals surface area (Å²) in [4.78, 5) is 11.9. The van der Waals surface area contributed by atoms with Gasteiger partial charge in [-0.2, -0.15) is 0 Å². The smallest absolute Gasteiger partial charge is 0.340 e. The predicted molar refractivity (Wildman–Crippen MR) is 69.9 cm³/mol. The number of nitrogen functional groups attached to an aromatic ring is 1. The first-order valence-corrected chi connectivity index (χ1v) is 6.12. The van der Waals surface area contributed by atoms with Crippen molar-refractivity contribution in [2.24, 2.45) is 5.92 Å². The SMILES string of the molecule is CCC(CC)COC(=O)c1cccc(C)c1N. The molecule has 0 saturated heterocycles. The average molecular weight is 235 g/mol. The molecule has 0 bridgehead atoms. The van der Waals surface area contributed by atoms with Crippen molar-refractivity contribution < 1.29 is 9.53 Å². The van der Waals surface area contributed by atoms with E-state index >= 15 is 0 Å². The summed E-state index contributed by atoms with van der Waals surface area (Å²) in [5, 5.41) is 0. The number of ether oxygens (including phenoxy) is 1. The molecule has 94 valence electrons. The highest BCUT2D eigenvalue weighted by Crippen LogP contribution is 2.18. The summed E-state index contributed by atoms with van der Waals surface area (Å²) in [5.74, 6) is 0.114. The maximum atomic E-state index is 11.9. The molecular weight excluding hydrogens is 214 g/mol. The molecule has 0 unspecified atom stereocenters. The molecule has 17 heavy (non-hydrogen) atoms. The van der Waals surface area contributed by atoms with E-state index in [1.165, 1.54) is 0 Å². The first kappa shape index (κ1) is 13.6. The van der Waals surface area contributed by atoms with Crippen LogP contribution < -0.4 is 5.73 Å². The van der Waals surface area contributed by atoms with Crippen molar-refractivity contribution in [3.8, 4) is 0 Å². The molecule has 0 spiro atoms. The van der Waals surface area contributed by atoms with Gasteiger partial charge < -0.3 is 10.5 Å². The molecule has 0 aromatic heterocycles. The Hall–Kier alpha value is -1.51. The lowest BCUT2D eigenvalue weighted by Gasteiger charge is -2.13. The Morgan fingerprint density at radius 1 is 1.35 bits per heavy atom. The van der Waals surface area contributed by atoms with E-state index in [1.807, 2.05) is 19.1 Å². The third-order valence-electron chi connectivity index (χ3n) is 3.15. The quantitative estimate of drug-likeness (QED) is 0.630. The zero-order chi connectivity index (χ0) is 12.8. The largest absolute Gasteiger partial charge is 0.462 e. The molecule has 0 aliphatic heterocycles. The zero-order valence-electron chi connectivity index (χ0n) is 10.8. The lowest BCUT2D eigenvalue weighted by Crippen LogP contribution is -2.14. The lowest BCUT2D eigenvalue weighted by atomic mass is 10.1. The van der Waals surface area contributed by atoms with Crippen LogP contribution in [-0.2, 0) is 4.74 Å². The van der Waals surface area contributed by atoms with E-state index in [9.17, 15) is 4.79 Å². The number of para-hydroxylation sites is 1. The van der Waals surface area contributed by atoms with E-state index in [0.29, 0.717) is 23.8 Å². The molecule has 0 aliphatic rings. The summed E-state index contributed by atoms with van der Waals surface area (Å²) in [6.07, 6.45) is 2.04. The number of anilines is 1. The molecule has 0 heterocycles. The number of carbonyl (C=O) groups excluding carboxylic acids is 1. The van der Waals surface area contributed by atoms with Crippen LogP contribution in [0.25, 0.3) is 0 Å². The number of nitrogens with two attached hydrogens (primary N) is 1. The van der Waals surface area contributed by atoms with Crippen molar-refractivity contribution in [3.63, 3.8) is 0 Å². The molecule has 1 rings (SSSR count). The van der Waals surface area contributed by atoms with Gasteiger partial charge in [0.15, 0.2) is 0 Å². The van der Waals surface area contributed by atoms with Crippen molar-refractivity contribution >= 4 is 11.7 Å². The number of aryl methyl sites for hydroxylation is 1. The van der Waals surface area contributed by atoms with Gasteiger partial charge in [0.1, 0.15) is 0 Å². The van der Waals surface area contributed by atoms with Crippen molar-refractivity contribution in [1.29, 1.82) is 0 Å². The summed E-state index contributed by atoms with van der Waals surface area (Å²) in [5.41, 5.74) is 7.74. The fourth-order valence-electron chi connectivity index (χ4n) is 1.65. The van der Waals surface area contributed by atoms with Crippen LogP contribution in [0.3, 0.4) is 0 Å². The molecule has 0 fully saturated rings. The van der Waals surface area contributed by atoms with Gasteiger partial charge in [0.2, 0.25) is 0 Å². The summed E-state index contributed by atoms with van der Waals surface area (Å²) in [7, 11) is 0. The maximum absolute atomic E-state index is 11.9. The minimum atomic E-state index is -0.321. The first-order chi connectivity index (χ1) is 8.10. The van der Waals surface area contributed by atoms with Gasteiger partial charge >= 0.3 is 5.97 Å². The number of benzene rings is 1. The lowest BCUT2D eigenvalue weighted by molar-refractivity contribution is 0.0434. The highest BCUT2D eigenvalue weighted by atomic mass is 16.5. The second-order valence-electron chi connectivity index (χ2n) is 4.32. The number of rotatable bonds is 5. The topological polar surface area (TPSA) is 52.3 Å². The fraction of sp³-hybridized carbons (Fsp3) is 0.500. The summed E-state index contributed by atoms with van der Waals surface area (Å²) >= 11 is 0. The monoisotopic (exact) mass is 235 g/mol. The van der Waals surface area contributed by atoms with Gasteiger partial charge in [0.25, 0.3) is 0 Å². The molecule has 3 heteroatoms. The van der Waals surface area contributed by atoms with Gasteiger partial charge in [-0.15, -0.1) is 0 Å². The third-order valence-corrected chi connectivity index (χ3v) is 3.15. The van der Waals surface area contributed by atoms with E-state index in [4.69, 9.17) is 10.5 Å². The second-order valence-corrected chi connectivity index (χ2v) is 4.32. The van der Waals surface area contributed by atoms with Crippen LogP contribution in [0, 0.1) is 12.8 Å². The predicted octanol–water partition coefficient (Wildman–Crippen LogP) is 3.17. The molecular formula is C14H21NO2. The third kappa shape index (κ3) is 3.48. The molecule has 0 radical (unpaired) electrons. The number of esters is 1. The molecule has 0 saturated carbocycles. The number of hydrogen-bond acceptors (Lipinski definition) is 3. The van der Waals surface area contributed by atoms with Crippen molar-refractivity contribution in [2.75, 3.05) is 12.3 Å². The molecule has 1 aromatic rings. The molecule has 1 aromatic carbocycles. The van der Waals surface area contributed by atoms with Gasteiger partial charge in [0.05, 0.1) is 12.2 Å². The van der Waals surface area contributed by atoms with Crippen LogP contribution in [0.2, 0.25) is 0 Å². The van der Waals surface area contributed by atoms with Gasteiger partial charge in [-0.1, -0.05) is 38.8 Å². The normalized spacial score (nSPS) is 10.6. The Bertz CT molecular complexity index is 384. The summed E-state index contributed by atoms with van der Waals surface area (Å²) < 4.78 is 5.29. The van der Waals surface area contributed by atoms with Crippen LogP contribution in [0.15, 0.2) is 18.2 Å². The van der Waals surface area contributed by atoms with Gasteiger partial charge in [0, 0.05) is 5.69 Å². The van der Waals surface area contributed by atoms with Crippen LogP contribution in [-0.4, -0.2) is 12.6 Å². The van der Waals surface area contributed by atoms with E-state index in [-0.39, 0.29) is 5.97 Å². The Labute approximate surface area is 103 Å². The van der Waals surface area contributed by atoms with Gasteiger partial charge in [-0.25, -0.2) is 4.79 Å². The van der Waals surface area contributed by atoms with Crippen LogP contribution >= 0.6 is 0 Å². The van der Waals surface area contributed by atoms with E-state index < -0.39 is 0 Å². The standard InChI is InChI=1S/C14H21NO2/c1-4-11(5-2)9-17-14(16)12-8-6-7-10(3)13(12)15/h6-8,11H,4-5,9,15H2,1-3H3. The molecule has 0 atom stereocenters. The molecule has 2 N–H and O–H groups in total. The maximum Gasteiger partial charge on any atom is 0.340 e. The molecule has 0 amide bonds. The zero-order valence-corrected chi connectivity index (χ0v) is 10.8. The summed E-state index contributed by atoms with van der Waals surface area (Å²) in [6, 6.07) is 5.41. The minimum Gasteiger partial charge on any atom is -0.462 e. The van der Waals surface area contributed by atoms with E-state index in [1.54, 1.807) is 6.07 Å². The van der Waals surface area contributed by atoms with Gasteiger partial charge in [-0.3, -0.25) is 0 Å². The van der Waals surface area contributed by atoms with Crippen LogP contribution in [0.4, 0.5) is 5.69 Å². The second kappa shape index (κ2) is 6.28. The summed E-state index contributed by atoms with van der Waals surface area (Å²) in [6.45, 7) is 6.55. The number of hydrogen-bond donors (Lipinski definition) is 1. The van der Waals surface area contributed by atoms with Crippen molar-refractivity contribution in [1.82, 2.24) is 0 Å². The van der Waals surface area contributed by atoms with Crippen LogP contribution in [0.1, 0.15) is 42.6 Å². The molecule has 3 nitrogen and oxygen atoms in total. The highest BCUT2D eigenvalue weighted by Gasteiger charge is 2.14. The highest BCUT2D eigenvalue weighted by molar-refractivity contribution is 5.95. The van der Waals surface area contributed by atoms with Crippen molar-refractivity contribution in [3.05, 3.63) is 29.3 Å². The fourth-order valence-corrected chi connectivity index (χ4v) is 1.65. The van der Waals surface area contributed by atoms with E-state index in [0.717, 1.165) is 18.4 Å². The Morgan fingerprint density at radius 2 is 2.00 bits per heavy atom. The number of carbonyl (C=O) groups is 1.